The molecule has 0 aliphatic heterocycles. The van der Waals surface area contributed by atoms with Crippen LogP contribution in [-0.2, 0) is 23.7 Å². The molecule has 0 atom stereocenters. The highest BCUT2D eigenvalue weighted by Gasteiger charge is 1.99. The highest BCUT2D eigenvalue weighted by atomic mass is 16.6. The van der Waals surface area contributed by atoms with Crippen molar-refractivity contribution in [3.05, 3.63) is 29.8 Å². The highest BCUT2D eigenvalue weighted by Crippen LogP contribution is 2.10. The first-order valence-electron chi connectivity index (χ1n) is 7.74. The monoisotopic (exact) mass is 340 g/mol. The number of carbonyl (C=O) groups is 2. The molecule has 0 aromatic heterocycles. The van der Waals surface area contributed by atoms with Crippen molar-refractivity contribution in [2.24, 2.45) is 0 Å². The second kappa shape index (κ2) is 13.5. The Morgan fingerprint density at radius 2 is 1.42 bits per heavy atom. The Morgan fingerprint density at radius 1 is 0.875 bits per heavy atom. The Kier molecular flexibility index (Phi) is 11.3. The first-order valence-corrected chi connectivity index (χ1v) is 7.74. The predicted octanol–water partition coefficient (Wildman–Crippen LogP) is 1.49. The van der Waals surface area contributed by atoms with Gasteiger partial charge in [0.2, 0.25) is 0 Å². The number of benzene rings is 1. The molecule has 7 nitrogen and oxygen atoms in total. The molecule has 0 bridgehead atoms. The van der Waals surface area contributed by atoms with Gasteiger partial charge in [0.1, 0.15) is 18.6 Å². The molecule has 24 heavy (non-hydrogen) atoms. The number of rotatable bonds is 14. The average Bonchev–Trinajstić information content (AvgIpc) is 2.62. The summed E-state index contributed by atoms with van der Waals surface area (Å²) in [6.45, 7) is 3.02. The van der Waals surface area contributed by atoms with Crippen molar-refractivity contribution in [3.8, 4) is 5.75 Å². The molecule has 1 aromatic rings. The number of carbonyl (C=O) groups excluding carboxylic acids is 2. The van der Waals surface area contributed by atoms with Crippen molar-refractivity contribution >= 4 is 12.3 Å². The van der Waals surface area contributed by atoms with Crippen molar-refractivity contribution < 1.29 is 33.3 Å². The zero-order valence-corrected chi connectivity index (χ0v) is 13.9. The molecule has 0 saturated carbocycles. The fourth-order valence-corrected chi connectivity index (χ4v) is 1.66. The van der Waals surface area contributed by atoms with Gasteiger partial charge in [-0.15, -0.1) is 0 Å². The van der Waals surface area contributed by atoms with Crippen LogP contribution in [0.5, 0.6) is 5.75 Å². The Morgan fingerprint density at radius 3 is 1.96 bits per heavy atom. The topological polar surface area (TPSA) is 80.3 Å². The maximum absolute atomic E-state index is 10.8. The fraction of sp³-hybridized carbons (Fsp3) is 0.529. The normalized spacial score (nSPS) is 10.4. The van der Waals surface area contributed by atoms with Crippen LogP contribution in [0.2, 0.25) is 0 Å². The summed E-state index contributed by atoms with van der Waals surface area (Å²) in [5.74, 6) is 0.413. The molecule has 134 valence electrons. The quantitative estimate of drug-likeness (QED) is 0.288. The molecule has 1 rings (SSSR count). The van der Waals surface area contributed by atoms with Crippen LogP contribution in [0.15, 0.2) is 24.3 Å². The van der Waals surface area contributed by atoms with E-state index in [1.807, 2.05) is 0 Å². The van der Waals surface area contributed by atoms with Crippen LogP contribution in [0.25, 0.3) is 0 Å². The van der Waals surface area contributed by atoms with E-state index in [1.165, 1.54) is 7.11 Å². The van der Waals surface area contributed by atoms with Crippen molar-refractivity contribution in [2.45, 2.75) is 6.42 Å². The minimum Gasteiger partial charge on any atom is -0.491 e. The van der Waals surface area contributed by atoms with Crippen molar-refractivity contribution in [1.29, 1.82) is 0 Å². The smallest absolute Gasteiger partial charge is 0.307 e. The van der Waals surface area contributed by atoms with Gasteiger partial charge in [0, 0.05) is 5.56 Å². The summed E-state index contributed by atoms with van der Waals surface area (Å²) in [6, 6.07) is 6.88. The molecular formula is C17H24O7. The summed E-state index contributed by atoms with van der Waals surface area (Å²) < 4.78 is 25.8. The summed E-state index contributed by atoms with van der Waals surface area (Å²) in [4.78, 5) is 21.3. The van der Waals surface area contributed by atoms with E-state index in [0.717, 1.165) is 6.29 Å². The Balaban J connectivity index is 1.85. The fourth-order valence-electron chi connectivity index (χ4n) is 1.66. The van der Waals surface area contributed by atoms with E-state index in [2.05, 4.69) is 4.74 Å². The van der Waals surface area contributed by atoms with Gasteiger partial charge in [-0.25, -0.2) is 0 Å². The zero-order chi connectivity index (χ0) is 17.5. The van der Waals surface area contributed by atoms with E-state index >= 15 is 0 Å². The minimum absolute atomic E-state index is 0.248. The Labute approximate surface area is 141 Å². The predicted molar refractivity (Wildman–Crippen MR) is 86.4 cm³/mol. The molecule has 0 aliphatic rings. The molecule has 1 aromatic carbocycles. The van der Waals surface area contributed by atoms with Gasteiger partial charge in [0.25, 0.3) is 0 Å². The van der Waals surface area contributed by atoms with Gasteiger partial charge in [0.15, 0.2) is 0 Å². The van der Waals surface area contributed by atoms with Crippen molar-refractivity contribution in [2.75, 3.05) is 53.4 Å². The third-order valence-electron chi connectivity index (χ3n) is 2.93. The maximum atomic E-state index is 10.8. The second-order valence-electron chi connectivity index (χ2n) is 4.70. The lowest BCUT2D eigenvalue weighted by Gasteiger charge is -2.08. The number of aldehydes is 1. The molecule has 0 radical (unpaired) electrons. The third kappa shape index (κ3) is 9.94. The molecule has 0 fully saturated rings. The average molecular weight is 340 g/mol. The SMILES string of the molecule is COC(=O)CCOCCOCCOCCOc1ccc(C=O)cc1. The van der Waals surface area contributed by atoms with E-state index in [0.29, 0.717) is 57.6 Å². The molecular weight excluding hydrogens is 316 g/mol. The van der Waals surface area contributed by atoms with Crippen LogP contribution in [0.3, 0.4) is 0 Å². The summed E-state index contributed by atoms with van der Waals surface area (Å²) >= 11 is 0. The standard InChI is InChI=1S/C17H24O7/c1-20-17(19)6-7-21-8-9-22-10-11-23-12-13-24-16-4-2-15(14-18)3-5-16/h2-5,14H,6-13H2,1H3. The van der Waals surface area contributed by atoms with Crippen LogP contribution < -0.4 is 4.74 Å². The second-order valence-corrected chi connectivity index (χ2v) is 4.70. The summed E-state index contributed by atoms with van der Waals surface area (Å²) in [7, 11) is 1.35. The first kappa shape index (κ1) is 20.1. The van der Waals surface area contributed by atoms with Gasteiger partial charge in [-0.1, -0.05) is 0 Å². The molecule has 7 heteroatoms. The van der Waals surface area contributed by atoms with Crippen molar-refractivity contribution in [3.63, 3.8) is 0 Å². The molecule has 0 spiro atoms. The van der Waals surface area contributed by atoms with Crippen molar-refractivity contribution in [1.82, 2.24) is 0 Å². The van der Waals surface area contributed by atoms with E-state index in [4.69, 9.17) is 18.9 Å². The summed E-state index contributed by atoms with van der Waals surface area (Å²) in [5, 5.41) is 0. The largest absolute Gasteiger partial charge is 0.491 e. The Hall–Kier alpha value is -1.96. The molecule has 0 aliphatic carbocycles. The van der Waals surface area contributed by atoms with Gasteiger partial charge < -0.3 is 23.7 Å². The van der Waals surface area contributed by atoms with Gasteiger partial charge in [0.05, 0.1) is 53.2 Å². The number of hydrogen-bond acceptors (Lipinski definition) is 7. The van der Waals surface area contributed by atoms with Gasteiger partial charge >= 0.3 is 5.97 Å². The van der Waals surface area contributed by atoms with Crippen LogP contribution in [-0.4, -0.2) is 65.6 Å². The third-order valence-corrected chi connectivity index (χ3v) is 2.93. The number of hydrogen-bond donors (Lipinski definition) is 0. The van der Waals surface area contributed by atoms with Crippen LogP contribution in [0, 0.1) is 0 Å². The van der Waals surface area contributed by atoms with E-state index < -0.39 is 0 Å². The van der Waals surface area contributed by atoms with Gasteiger partial charge in [-0.3, -0.25) is 9.59 Å². The van der Waals surface area contributed by atoms with E-state index in [9.17, 15) is 9.59 Å². The lowest BCUT2D eigenvalue weighted by Crippen LogP contribution is -2.13. The molecule has 0 heterocycles. The summed E-state index contributed by atoms with van der Waals surface area (Å²) in [6.07, 6.45) is 1.04. The molecule has 0 N–H and O–H groups in total. The maximum Gasteiger partial charge on any atom is 0.307 e. The van der Waals surface area contributed by atoms with Gasteiger partial charge in [-0.05, 0) is 24.3 Å². The van der Waals surface area contributed by atoms with Crippen LogP contribution in [0.4, 0.5) is 0 Å². The minimum atomic E-state index is -0.286. The number of esters is 1. The molecule has 0 saturated heterocycles. The Bertz CT molecular complexity index is 459. The van der Waals surface area contributed by atoms with Crippen LogP contribution >= 0.6 is 0 Å². The van der Waals surface area contributed by atoms with Crippen LogP contribution in [0.1, 0.15) is 16.8 Å². The molecule has 0 unspecified atom stereocenters. The zero-order valence-electron chi connectivity index (χ0n) is 13.9. The lowest BCUT2D eigenvalue weighted by molar-refractivity contribution is -0.141. The van der Waals surface area contributed by atoms with E-state index in [1.54, 1.807) is 24.3 Å². The molecule has 0 amide bonds. The van der Waals surface area contributed by atoms with E-state index in [-0.39, 0.29) is 12.4 Å². The highest BCUT2D eigenvalue weighted by molar-refractivity contribution is 5.74. The number of methoxy groups -OCH3 is 1. The van der Waals surface area contributed by atoms with Gasteiger partial charge in [-0.2, -0.15) is 0 Å². The first-order chi connectivity index (χ1) is 11.8. The lowest BCUT2D eigenvalue weighted by atomic mass is 10.2. The number of ether oxygens (including phenoxy) is 5. The summed E-state index contributed by atoms with van der Waals surface area (Å²) in [5.41, 5.74) is 0.616.